The standard InChI is InChI=1S/C18H25N3/c1-13(11-17-9-7-6-8-10-17)12-21(5)16(4)18-14(2)19-20-15(18)3/h6-11,16H,12H2,1-5H3,(H,19,20)/b13-11+. The normalized spacial score (nSPS) is 13.7. The Hall–Kier alpha value is -1.87. The maximum Gasteiger partial charge on any atom is 0.0641 e. The number of hydrogen-bond donors (Lipinski definition) is 1. The largest absolute Gasteiger partial charge is 0.296 e. The van der Waals surface area contributed by atoms with Gasteiger partial charge in [0, 0.05) is 23.8 Å². The quantitative estimate of drug-likeness (QED) is 0.895. The van der Waals surface area contributed by atoms with Crippen molar-refractivity contribution in [1.29, 1.82) is 0 Å². The maximum atomic E-state index is 4.30. The number of aryl methyl sites for hydroxylation is 2. The molecule has 1 N–H and O–H groups in total. The van der Waals surface area contributed by atoms with Gasteiger partial charge in [-0.05, 0) is 40.3 Å². The van der Waals surface area contributed by atoms with E-state index in [-0.39, 0.29) is 0 Å². The molecule has 0 saturated carbocycles. The Balaban J connectivity index is 2.07. The second-order valence-electron chi connectivity index (χ2n) is 5.84. The molecule has 112 valence electrons. The first kappa shape index (κ1) is 15.5. The molecule has 0 radical (unpaired) electrons. The van der Waals surface area contributed by atoms with Crippen molar-refractivity contribution in [3.8, 4) is 0 Å². The molecule has 0 aliphatic rings. The fourth-order valence-corrected chi connectivity index (χ4v) is 2.81. The van der Waals surface area contributed by atoms with Gasteiger partial charge in [0.25, 0.3) is 0 Å². The maximum absolute atomic E-state index is 4.30. The van der Waals surface area contributed by atoms with Crippen LogP contribution in [0, 0.1) is 13.8 Å². The average molecular weight is 283 g/mol. The first-order valence-electron chi connectivity index (χ1n) is 7.43. The molecule has 1 aromatic heterocycles. The Bertz CT molecular complexity index is 591. The van der Waals surface area contributed by atoms with Gasteiger partial charge in [-0.3, -0.25) is 10.00 Å². The van der Waals surface area contributed by atoms with Gasteiger partial charge >= 0.3 is 0 Å². The summed E-state index contributed by atoms with van der Waals surface area (Å²) >= 11 is 0. The van der Waals surface area contributed by atoms with Crippen molar-refractivity contribution < 1.29 is 0 Å². The predicted octanol–water partition coefficient (Wildman–Crippen LogP) is 4.12. The summed E-state index contributed by atoms with van der Waals surface area (Å²) < 4.78 is 0. The van der Waals surface area contributed by atoms with Crippen LogP contribution in [0.2, 0.25) is 0 Å². The number of hydrogen-bond acceptors (Lipinski definition) is 2. The van der Waals surface area contributed by atoms with E-state index in [0.29, 0.717) is 6.04 Å². The second kappa shape index (κ2) is 6.72. The van der Waals surface area contributed by atoms with Crippen LogP contribution in [0.3, 0.4) is 0 Å². The molecule has 2 aromatic rings. The molecule has 0 amide bonds. The molecule has 21 heavy (non-hydrogen) atoms. The highest BCUT2D eigenvalue weighted by Gasteiger charge is 2.18. The zero-order valence-electron chi connectivity index (χ0n) is 13.6. The van der Waals surface area contributed by atoms with E-state index in [1.165, 1.54) is 16.7 Å². The SMILES string of the molecule is C/C(=C\c1ccccc1)CN(C)C(C)c1c(C)n[nH]c1C. The minimum absolute atomic E-state index is 0.350. The van der Waals surface area contributed by atoms with Gasteiger partial charge in [0.1, 0.15) is 0 Å². The van der Waals surface area contributed by atoms with E-state index in [1.807, 2.05) is 6.07 Å². The van der Waals surface area contributed by atoms with Crippen molar-refractivity contribution in [2.75, 3.05) is 13.6 Å². The lowest BCUT2D eigenvalue weighted by Crippen LogP contribution is -2.25. The van der Waals surface area contributed by atoms with Gasteiger partial charge in [-0.1, -0.05) is 42.0 Å². The number of nitrogens with one attached hydrogen (secondary N) is 1. The Labute approximate surface area is 127 Å². The van der Waals surface area contributed by atoms with E-state index in [2.05, 4.69) is 80.2 Å². The van der Waals surface area contributed by atoms with Crippen molar-refractivity contribution in [3.05, 3.63) is 58.4 Å². The van der Waals surface area contributed by atoms with Crippen LogP contribution >= 0.6 is 0 Å². The van der Waals surface area contributed by atoms with E-state index in [9.17, 15) is 0 Å². The van der Waals surface area contributed by atoms with Crippen LogP contribution in [0.15, 0.2) is 35.9 Å². The van der Waals surface area contributed by atoms with Crippen LogP contribution in [-0.2, 0) is 0 Å². The number of benzene rings is 1. The first-order valence-corrected chi connectivity index (χ1v) is 7.43. The van der Waals surface area contributed by atoms with Crippen LogP contribution in [0.1, 0.15) is 42.4 Å². The predicted molar refractivity (Wildman–Crippen MR) is 89.2 cm³/mol. The lowest BCUT2D eigenvalue weighted by atomic mass is 10.0. The number of rotatable bonds is 5. The van der Waals surface area contributed by atoms with Crippen LogP contribution < -0.4 is 0 Å². The highest BCUT2D eigenvalue weighted by molar-refractivity contribution is 5.52. The van der Waals surface area contributed by atoms with Crippen LogP contribution in [0.25, 0.3) is 6.08 Å². The lowest BCUT2D eigenvalue weighted by molar-refractivity contribution is 0.282. The molecule has 0 bridgehead atoms. The van der Waals surface area contributed by atoms with Gasteiger partial charge < -0.3 is 0 Å². The van der Waals surface area contributed by atoms with Crippen LogP contribution in [-0.4, -0.2) is 28.7 Å². The number of likely N-dealkylation sites (N-methyl/N-ethyl adjacent to an activating group) is 1. The zero-order chi connectivity index (χ0) is 15.4. The Kier molecular flexibility index (Phi) is 4.97. The van der Waals surface area contributed by atoms with Crippen molar-refractivity contribution in [1.82, 2.24) is 15.1 Å². The summed E-state index contributed by atoms with van der Waals surface area (Å²) in [5.74, 6) is 0. The molecule has 0 aliphatic carbocycles. The van der Waals surface area contributed by atoms with Gasteiger partial charge in [0.15, 0.2) is 0 Å². The Morgan fingerprint density at radius 2 is 1.95 bits per heavy atom. The van der Waals surface area contributed by atoms with Crippen molar-refractivity contribution in [3.63, 3.8) is 0 Å². The molecule has 1 atom stereocenters. The molecular formula is C18H25N3. The van der Waals surface area contributed by atoms with Crippen molar-refractivity contribution in [2.24, 2.45) is 0 Å². The highest BCUT2D eigenvalue weighted by atomic mass is 15.2. The fraction of sp³-hybridized carbons (Fsp3) is 0.389. The van der Waals surface area contributed by atoms with E-state index in [4.69, 9.17) is 0 Å². The Morgan fingerprint density at radius 3 is 2.52 bits per heavy atom. The van der Waals surface area contributed by atoms with Crippen LogP contribution in [0.4, 0.5) is 0 Å². The average Bonchev–Trinajstić information content (AvgIpc) is 2.78. The smallest absolute Gasteiger partial charge is 0.0641 e. The number of H-pyrrole nitrogens is 1. The van der Waals surface area contributed by atoms with E-state index < -0.39 is 0 Å². The molecule has 1 aromatic carbocycles. The minimum atomic E-state index is 0.350. The monoisotopic (exact) mass is 283 g/mol. The van der Waals surface area contributed by atoms with E-state index in [0.717, 1.165) is 17.9 Å². The third-order valence-electron chi connectivity index (χ3n) is 3.98. The summed E-state index contributed by atoms with van der Waals surface area (Å²) in [7, 11) is 2.17. The molecule has 0 fully saturated rings. The van der Waals surface area contributed by atoms with E-state index in [1.54, 1.807) is 0 Å². The topological polar surface area (TPSA) is 31.9 Å². The summed E-state index contributed by atoms with van der Waals surface area (Å²) in [6, 6.07) is 10.8. The van der Waals surface area contributed by atoms with Gasteiger partial charge in [-0.25, -0.2) is 0 Å². The van der Waals surface area contributed by atoms with E-state index >= 15 is 0 Å². The summed E-state index contributed by atoms with van der Waals surface area (Å²) in [6.07, 6.45) is 2.25. The molecule has 0 saturated heterocycles. The molecule has 0 spiro atoms. The molecule has 3 nitrogen and oxygen atoms in total. The van der Waals surface area contributed by atoms with Gasteiger partial charge in [-0.2, -0.15) is 5.10 Å². The third kappa shape index (κ3) is 3.82. The lowest BCUT2D eigenvalue weighted by Gasteiger charge is -2.25. The molecule has 3 heteroatoms. The molecule has 2 rings (SSSR count). The number of nitrogens with zero attached hydrogens (tertiary/aromatic N) is 2. The summed E-state index contributed by atoms with van der Waals surface area (Å²) in [5, 5.41) is 7.37. The molecule has 1 unspecified atom stereocenters. The first-order chi connectivity index (χ1) is 9.99. The minimum Gasteiger partial charge on any atom is -0.296 e. The second-order valence-corrected chi connectivity index (χ2v) is 5.84. The Morgan fingerprint density at radius 1 is 1.29 bits per heavy atom. The number of aromatic nitrogens is 2. The van der Waals surface area contributed by atoms with Crippen molar-refractivity contribution >= 4 is 6.08 Å². The van der Waals surface area contributed by atoms with Crippen LogP contribution in [0.5, 0.6) is 0 Å². The summed E-state index contributed by atoms with van der Waals surface area (Å²) in [6.45, 7) is 9.52. The number of aromatic amines is 1. The molecular weight excluding hydrogens is 258 g/mol. The van der Waals surface area contributed by atoms with Gasteiger partial charge in [0.2, 0.25) is 0 Å². The summed E-state index contributed by atoms with van der Waals surface area (Å²) in [4.78, 5) is 2.36. The molecule has 0 aliphatic heterocycles. The fourth-order valence-electron chi connectivity index (χ4n) is 2.81. The van der Waals surface area contributed by atoms with Gasteiger partial charge in [-0.15, -0.1) is 0 Å². The van der Waals surface area contributed by atoms with Gasteiger partial charge in [0.05, 0.1) is 5.69 Å². The molecule has 1 heterocycles. The summed E-state index contributed by atoms with van der Waals surface area (Å²) in [5.41, 5.74) is 6.18. The zero-order valence-corrected chi connectivity index (χ0v) is 13.6. The van der Waals surface area contributed by atoms with Crippen molar-refractivity contribution in [2.45, 2.75) is 33.7 Å². The third-order valence-corrected chi connectivity index (χ3v) is 3.98. The highest BCUT2D eigenvalue weighted by Crippen LogP contribution is 2.24.